The zero-order valence-electron chi connectivity index (χ0n) is 11.5. The van der Waals surface area contributed by atoms with Crippen molar-refractivity contribution in [3.8, 4) is 0 Å². The highest BCUT2D eigenvalue weighted by Gasteiger charge is 2.19. The summed E-state index contributed by atoms with van der Waals surface area (Å²) < 4.78 is 0. The molecule has 1 aliphatic rings. The molecule has 0 unspecified atom stereocenters. The van der Waals surface area contributed by atoms with Crippen molar-refractivity contribution in [1.82, 2.24) is 5.32 Å². The molecule has 0 atom stereocenters. The molecule has 1 N–H and O–H groups in total. The van der Waals surface area contributed by atoms with Crippen molar-refractivity contribution < 1.29 is 0 Å². The molecule has 1 aromatic rings. The van der Waals surface area contributed by atoms with Gasteiger partial charge in [0.05, 0.1) is 17.1 Å². The van der Waals surface area contributed by atoms with Gasteiger partial charge in [-0.15, -0.1) is 0 Å². The minimum absolute atomic E-state index is 0.733. The van der Waals surface area contributed by atoms with Gasteiger partial charge in [-0.1, -0.05) is 19.2 Å². The van der Waals surface area contributed by atoms with Crippen LogP contribution in [0.25, 0.3) is 0 Å². The number of nitrogens with one attached hydrogen (secondary N) is 1. The third-order valence-electron chi connectivity index (χ3n) is 3.28. The molecule has 0 radical (unpaired) electrons. The van der Waals surface area contributed by atoms with Crippen LogP contribution in [0.2, 0.25) is 0 Å². The molecule has 2 rings (SSSR count). The van der Waals surface area contributed by atoms with E-state index >= 15 is 0 Å². The minimum Gasteiger partial charge on any atom is -0.340 e. The minimum atomic E-state index is 0.733. The Bertz CT molecular complexity index is 567. The van der Waals surface area contributed by atoms with E-state index < -0.39 is 0 Å². The normalized spacial score (nSPS) is 15.6. The second-order valence-corrected chi connectivity index (χ2v) is 4.77. The predicted octanol–water partition coefficient (Wildman–Crippen LogP) is 3.38. The van der Waals surface area contributed by atoms with Gasteiger partial charge in [-0.05, 0) is 50.5 Å². The van der Waals surface area contributed by atoms with Gasteiger partial charge in [0.25, 0.3) is 0 Å². The topological polar surface area (TPSA) is 27.6 Å². The Balaban J connectivity index is 2.52. The summed E-state index contributed by atoms with van der Waals surface area (Å²) in [6, 6.07) is 4.31. The molecule has 0 aliphatic carbocycles. The van der Waals surface area contributed by atoms with Crippen molar-refractivity contribution in [2.24, 2.45) is 5.10 Å². The molecule has 0 saturated carbocycles. The number of hydrogen-bond donors (Lipinski definition) is 1. The van der Waals surface area contributed by atoms with Crippen molar-refractivity contribution >= 4 is 11.4 Å². The lowest BCUT2D eigenvalue weighted by Gasteiger charge is -2.30. The Kier molecular flexibility index (Phi) is 2.99. The lowest BCUT2D eigenvalue weighted by molar-refractivity contribution is 0.846. The number of aryl methyl sites for hydroxylation is 3. The largest absolute Gasteiger partial charge is 0.340 e. The smallest absolute Gasteiger partial charge is 0.125 e. The summed E-state index contributed by atoms with van der Waals surface area (Å²) in [5.41, 5.74) is 6.46. The molecule has 1 aliphatic heterocycles. The van der Waals surface area contributed by atoms with E-state index in [2.05, 4.69) is 56.5 Å². The Morgan fingerprint density at radius 2 is 1.61 bits per heavy atom. The third kappa shape index (κ3) is 2.04. The van der Waals surface area contributed by atoms with Crippen LogP contribution in [0, 0.1) is 20.8 Å². The first kappa shape index (κ1) is 12.4. The van der Waals surface area contributed by atoms with E-state index in [0.717, 1.165) is 22.9 Å². The van der Waals surface area contributed by atoms with Gasteiger partial charge in [0.2, 0.25) is 0 Å². The Morgan fingerprint density at radius 3 is 2.28 bits per heavy atom. The molecular formula is C15H19N3. The van der Waals surface area contributed by atoms with E-state index in [0.29, 0.717) is 0 Å². The maximum atomic E-state index is 4.53. The molecule has 1 aromatic carbocycles. The highest BCUT2D eigenvalue weighted by Crippen LogP contribution is 2.28. The molecule has 0 spiro atoms. The highest BCUT2D eigenvalue weighted by atomic mass is 15.5. The quantitative estimate of drug-likeness (QED) is 0.816. The van der Waals surface area contributed by atoms with Gasteiger partial charge in [0.1, 0.15) is 5.82 Å². The molecule has 1 heterocycles. The van der Waals surface area contributed by atoms with E-state index in [1.54, 1.807) is 0 Å². The van der Waals surface area contributed by atoms with Gasteiger partial charge in [-0.3, -0.25) is 0 Å². The number of hydrogen-bond acceptors (Lipinski definition) is 3. The maximum absolute atomic E-state index is 4.53. The summed E-state index contributed by atoms with van der Waals surface area (Å²) in [5, 5.41) is 9.52. The van der Waals surface area contributed by atoms with Gasteiger partial charge in [-0.2, -0.15) is 5.10 Å². The maximum Gasteiger partial charge on any atom is 0.125 e. The molecule has 3 heteroatoms. The van der Waals surface area contributed by atoms with E-state index in [9.17, 15) is 0 Å². The Hall–Kier alpha value is -2.03. The standard InChI is InChI=1S/C15H19N3/c1-9-7-11(3)15(8-10(9)2)18-14(6)16-12(4)13(5)17-18/h7-8,16H,4,6H2,1-3,5H3. The van der Waals surface area contributed by atoms with Crippen molar-refractivity contribution in [3.05, 3.63) is 53.5 Å². The van der Waals surface area contributed by atoms with Crippen molar-refractivity contribution in [2.45, 2.75) is 27.7 Å². The summed E-state index contributed by atoms with van der Waals surface area (Å²) >= 11 is 0. The summed E-state index contributed by atoms with van der Waals surface area (Å²) in [5.74, 6) is 0.733. The number of nitrogens with zero attached hydrogens (tertiary/aromatic N) is 2. The van der Waals surface area contributed by atoms with Gasteiger partial charge >= 0.3 is 0 Å². The van der Waals surface area contributed by atoms with Crippen molar-refractivity contribution in [3.63, 3.8) is 0 Å². The van der Waals surface area contributed by atoms with Crippen LogP contribution >= 0.6 is 0 Å². The van der Waals surface area contributed by atoms with Crippen LogP contribution in [-0.4, -0.2) is 5.71 Å². The highest BCUT2D eigenvalue weighted by molar-refractivity contribution is 5.99. The van der Waals surface area contributed by atoms with Gasteiger partial charge < -0.3 is 5.32 Å². The molecule has 94 valence electrons. The average Bonchev–Trinajstić information content (AvgIpc) is 2.29. The van der Waals surface area contributed by atoms with E-state index in [-0.39, 0.29) is 0 Å². The molecule has 0 aromatic heterocycles. The van der Waals surface area contributed by atoms with Crippen LogP contribution in [0.3, 0.4) is 0 Å². The van der Waals surface area contributed by atoms with Crippen LogP contribution in [0.1, 0.15) is 23.6 Å². The van der Waals surface area contributed by atoms with E-state index in [4.69, 9.17) is 0 Å². The number of rotatable bonds is 1. The fourth-order valence-corrected chi connectivity index (χ4v) is 1.96. The van der Waals surface area contributed by atoms with Gasteiger partial charge in [0, 0.05) is 0 Å². The van der Waals surface area contributed by atoms with E-state index in [1.165, 1.54) is 16.7 Å². The summed E-state index contributed by atoms with van der Waals surface area (Å²) in [6.07, 6.45) is 0. The molecule has 0 saturated heterocycles. The Morgan fingerprint density at radius 1 is 1.00 bits per heavy atom. The molecule has 0 bridgehead atoms. The average molecular weight is 241 g/mol. The SMILES string of the molecule is C=C1NC(=C)N(c2cc(C)c(C)cc2C)N=C1C. The molecule has 0 amide bonds. The summed E-state index contributed by atoms with van der Waals surface area (Å²) in [4.78, 5) is 0. The van der Waals surface area contributed by atoms with Gasteiger partial charge in [0.15, 0.2) is 0 Å². The second-order valence-electron chi connectivity index (χ2n) is 4.77. The van der Waals surface area contributed by atoms with Crippen molar-refractivity contribution in [2.75, 3.05) is 5.01 Å². The number of hydrazone groups is 1. The molecule has 0 fully saturated rings. The molecular weight excluding hydrogens is 222 g/mol. The van der Waals surface area contributed by atoms with Crippen LogP contribution in [0.4, 0.5) is 5.69 Å². The predicted molar refractivity (Wildman–Crippen MR) is 77.7 cm³/mol. The van der Waals surface area contributed by atoms with Crippen LogP contribution < -0.4 is 10.3 Å². The number of anilines is 1. The Labute approximate surface area is 109 Å². The molecule has 18 heavy (non-hydrogen) atoms. The fourth-order valence-electron chi connectivity index (χ4n) is 1.96. The summed E-state index contributed by atoms with van der Waals surface area (Å²) in [6.45, 7) is 16.1. The first-order valence-corrected chi connectivity index (χ1v) is 5.98. The first-order chi connectivity index (χ1) is 8.40. The third-order valence-corrected chi connectivity index (χ3v) is 3.28. The second kappa shape index (κ2) is 4.33. The summed E-state index contributed by atoms with van der Waals surface area (Å²) in [7, 11) is 0. The lowest BCUT2D eigenvalue weighted by atomic mass is 10.0. The van der Waals surface area contributed by atoms with Crippen LogP contribution in [0.5, 0.6) is 0 Å². The zero-order valence-corrected chi connectivity index (χ0v) is 11.5. The van der Waals surface area contributed by atoms with Crippen molar-refractivity contribution in [1.29, 1.82) is 0 Å². The van der Waals surface area contributed by atoms with Gasteiger partial charge in [-0.25, -0.2) is 5.01 Å². The first-order valence-electron chi connectivity index (χ1n) is 5.98. The zero-order chi connectivity index (χ0) is 13.4. The number of benzene rings is 1. The van der Waals surface area contributed by atoms with E-state index in [1.807, 2.05) is 11.9 Å². The lowest BCUT2D eigenvalue weighted by Crippen LogP contribution is -2.35. The molecule has 3 nitrogen and oxygen atoms in total. The van der Waals surface area contributed by atoms with Crippen LogP contribution in [-0.2, 0) is 0 Å². The number of allylic oxidation sites excluding steroid dienone is 1. The van der Waals surface area contributed by atoms with Crippen LogP contribution in [0.15, 0.2) is 41.9 Å². The fraction of sp³-hybridized carbons (Fsp3) is 0.267. The monoisotopic (exact) mass is 241 g/mol.